The van der Waals surface area contributed by atoms with Crippen molar-refractivity contribution >= 4 is 17.2 Å². The molecule has 4 rings (SSSR count). The van der Waals surface area contributed by atoms with Gasteiger partial charge in [0.05, 0.1) is 11.5 Å². The molecule has 0 amide bonds. The number of hydrogen-bond acceptors (Lipinski definition) is 3. The van der Waals surface area contributed by atoms with Gasteiger partial charge in [-0.15, -0.1) is 0 Å². The van der Waals surface area contributed by atoms with Crippen molar-refractivity contribution in [3.63, 3.8) is 0 Å². The highest BCUT2D eigenvalue weighted by Gasteiger charge is 2.49. The Hall–Kier alpha value is -2.33. The van der Waals surface area contributed by atoms with E-state index in [0.717, 1.165) is 38.2 Å². The molecule has 0 saturated carbocycles. The quantitative estimate of drug-likeness (QED) is 0.743. The molecule has 148 valence electrons. The first-order valence-electron chi connectivity index (χ1n) is 10.5. The second kappa shape index (κ2) is 7.59. The molecule has 3 atom stereocenters. The lowest BCUT2D eigenvalue weighted by molar-refractivity contribution is 0.321. The molecule has 0 aromatic heterocycles. The molecule has 0 fully saturated rings. The van der Waals surface area contributed by atoms with E-state index in [2.05, 4.69) is 79.6 Å². The monoisotopic (exact) mass is 376 g/mol. The first-order valence-corrected chi connectivity index (χ1v) is 10.5. The van der Waals surface area contributed by atoms with Gasteiger partial charge in [-0.05, 0) is 55.0 Å². The largest absolute Gasteiger partial charge is 0.366 e. The maximum Gasteiger partial charge on any atom is 0.109 e. The molecule has 0 radical (unpaired) electrons. The number of nitrogens with zero attached hydrogens (tertiary/aromatic N) is 2. The van der Waals surface area contributed by atoms with Crippen LogP contribution >= 0.6 is 0 Å². The number of nitrogens with two attached hydrogens (primary N) is 1. The SMILES string of the molecule is CC1C[C@]2(C)C(=NCCCCN)Nc3ccccc3[C@@H]2N(C)c2ccccc21. The van der Waals surface area contributed by atoms with E-state index in [1.807, 2.05) is 0 Å². The van der Waals surface area contributed by atoms with Gasteiger partial charge in [0.15, 0.2) is 0 Å². The summed E-state index contributed by atoms with van der Waals surface area (Å²) in [5.74, 6) is 1.59. The minimum Gasteiger partial charge on any atom is -0.366 e. The van der Waals surface area contributed by atoms with Crippen LogP contribution in [0.3, 0.4) is 0 Å². The van der Waals surface area contributed by atoms with E-state index in [1.165, 1.54) is 22.5 Å². The first kappa shape index (κ1) is 19.0. The van der Waals surface area contributed by atoms with Crippen molar-refractivity contribution in [3.8, 4) is 0 Å². The molecule has 0 saturated heterocycles. The Bertz CT molecular complexity index is 874. The zero-order valence-electron chi connectivity index (χ0n) is 17.3. The highest BCUT2D eigenvalue weighted by molar-refractivity contribution is 6.04. The molecule has 0 bridgehead atoms. The van der Waals surface area contributed by atoms with Crippen molar-refractivity contribution in [1.29, 1.82) is 0 Å². The number of aliphatic imine (C=N–C) groups is 1. The molecule has 2 aliphatic rings. The van der Waals surface area contributed by atoms with Gasteiger partial charge in [0.25, 0.3) is 0 Å². The highest BCUT2D eigenvalue weighted by Crippen LogP contribution is 2.55. The summed E-state index contributed by atoms with van der Waals surface area (Å²) in [6.45, 7) is 6.30. The topological polar surface area (TPSA) is 53.6 Å². The molecule has 0 aliphatic carbocycles. The first-order chi connectivity index (χ1) is 13.6. The minimum absolute atomic E-state index is 0.0791. The van der Waals surface area contributed by atoms with E-state index in [0.29, 0.717) is 5.92 Å². The molecule has 2 aliphatic heterocycles. The van der Waals surface area contributed by atoms with Crippen molar-refractivity contribution in [2.75, 3.05) is 30.4 Å². The normalized spacial score (nSPS) is 27.4. The van der Waals surface area contributed by atoms with Gasteiger partial charge in [-0.3, -0.25) is 4.99 Å². The second-order valence-corrected chi connectivity index (χ2v) is 8.53. The van der Waals surface area contributed by atoms with Gasteiger partial charge in [0.2, 0.25) is 0 Å². The van der Waals surface area contributed by atoms with Crippen LogP contribution in [-0.4, -0.2) is 26.0 Å². The maximum absolute atomic E-state index is 5.68. The lowest BCUT2D eigenvalue weighted by Crippen LogP contribution is -2.48. The van der Waals surface area contributed by atoms with Crippen LogP contribution in [0, 0.1) is 5.41 Å². The Morgan fingerprint density at radius 2 is 1.82 bits per heavy atom. The predicted octanol–water partition coefficient (Wildman–Crippen LogP) is 4.94. The van der Waals surface area contributed by atoms with Crippen molar-refractivity contribution in [2.24, 2.45) is 16.1 Å². The summed E-state index contributed by atoms with van der Waals surface area (Å²) in [4.78, 5) is 7.55. The molecule has 4 heteroatoms. The summed E-state index contributed by atoms with van der Waals surface area (Å²) < 4.78 is 0. The van der Waals surface area contributed by atoms with Gasteiger partial charge < -0.3 is 16.0 Å². The molecule has 2 heterocycles. The molecule has 2 aromatic carbocycles. The maximum atomic E-state index is 5.68. The second-order valence-electron chi connectivity index (χ2n) is 8.53. The molecular weight excluding hydrogens is 344 g/mol. The van der Waals surface area contributed by atoms with Gasteiger partial charge in [0, 0.05) is 25.0 Å². The van der Waals surface area contributed by atoms with E-state index in [-0.39, 0.29) is 11.5 Å². The fourth-order valence-electron chi connectivity index (χ4n) is 5.21. The van der Waals surface area contributed by atoms with Gasteiger partial charge in [0.1, 0.15) is 5.84 Å². The van der Waals surface area contributed by atoms with Crippen LogP contribution in [0.4, 0.5) is 11.4 Å². The average Bonchev–Trinajstić information content (AvgIpc) is 2.79. The Morgan fingerprint density at radius 1 is 1.11 bits per heavy atom. The van der Waals surface area contributed by atoms with Crippen LogP contribution in [0.1, 0.15) is 56.2 Å². The third-order valence-corrected chi connectivity index (χ3v) is 6.50. The molecule has 2 aromatic rings. The number of fused-ring (bicyclic) bond motifs is 4. The minimum atomic E-state index is -0.0791. The number of unbranched alkanes of at least 4 members (excludes halogenated alkanes) is 1. The summed E-state index contributed by atoms with van der Waals surface area (Å²) in [5.41, 5.74) is 10.9. The van der Waals surface area contributed by atoms with Crippen LogP contribution in [0.15, 0.2) is 53.5 Å². The predicted molar refractivity (Wildman–Crippen MR) is 119 cm³/mol. The molecule has 0 spiro atoms. The number of hydrogen-bond donors (Lipinski definition) is 2. The van der Waals surface area contributed by atoms with Gasteiger partial charge >= 0.3 is 0 Å². The van der Waals surface area contributed by atoms with E-state index in [9.17, 15) is 0 Å². The fourth-order valence-corrected chi connectivity index (χ4v) is 5.21. The number of rotatable bonds is 4. The van der Waals surface area contributed by atoms with Crippen LogP contribution in [0.5, 0.6) is 0 Å². The summed E-state index contributed by atoms with van der Waals surface area (Å²) in [7, 11) is 2.24. The summed E-state index contributed by atoms with van der Waals surface area (Å²) >= 11 is 0. The van der Waals surface area contributed by atoms with Crippen molar-refractivity contribution in [3.05, 3.63) is 59.7 Å². The van der Waals surface area contributed by atoms with E-state index < -0.39 is 0 Å². The number of amidine groups is 1. The highest BCUT2D eigenvalue weighted by atomic mass is 15.2. The number of para-hydroxylation sites is 2. The molecular formula is C24H32N4. The lowest BCUT2D eigenvalue weighted by atomic mass is 9.69. The lowest BCUT2D eigenvalue weighted by Gasteiger charge is -2.47. The third-order valence-electron chi connectivity index (χ3n) is 6.50. The Kier molecular flexibility index (Phi) is 5.15. The summed E-state index contributed by atoms with van der Waals surface area (Å²) in [5, 5.41) is 3.70. The van der Waals surface area contributed by atoms with Gasteiger partial charge in [-0.2, -0.15) is 0 Å². The summed E-state index contributed by atoms with van der Waals surface area (Å²) in [6.07, 6.45) is 3.13. The number of anilines is 2. The number of benzene rings is 2. The van der Waals surface area contributed by atoms with Crippen LogP contribution < -0.4 is 16.0 Å². The van der Waals surface area contributed by atoms with Crippen molar-refractivity contribution < 1.29 is 0 Å². The van der Waals surface area contributed by atoms with Gasteiger partial charge in [-0.1, -0.05) is 50.2 Å². The summed E-state index contributed by atoms with van der Waals surface area (Å²) in [6, 6.07) is 17.8. The zero-order valence-corrected chi connectivity index (χ0v) is 17.3. The van der Waals surface area contributed by atoms with Crippen molar-refractivity contribution in [2.45, 2.75) is 45.1 Å². The fraction of sp³-hybridized carbons (Fsp3) is 0.458. The third kappa shape index (κ3) is 3.10. The van der Waals surface area contributed by atoms with Crippen LogP contribution in [0.2, 0.25) is 0 Å². The zero-order chi connectivity index (χ0) is 19.7. The van der Waals surface area contributed by atoms with Crippen LogP contribution in [-0.2, 0) is 0 Å². The molecule has 3 N–H and O–H groups in total. The van der Waals surface area contributed by atoms with Crippen molar-refractivity contribution in [1.82, 2.24) is 0 Å². The van der Waals surface area contributed by atoms with E-state index in [4.69, 9.17) is 10.7 Å². The molecule has 4 nitrogen and oxygen atoms in total. The smallest absolute Gasteiger partial charge is 0.109 e. The van der Waals surface area contributed by atoms with Crippen LogP contribution in [0.25, 0.3) is 0 Å². The van der Waals surface area contributed by atoms with E-state index in [1.54, 1.807) is 0 Å². The standard InChI is InChI=1S/C24H32N4/c1-17-16-24(2)22(28(3)21-13-7-5-10-18(17)21)19-11-4-6-12-20(19)27-23(24)26-15-9-8-14-25/h4-7,10-13,17,22H,8-9,14-16,25H2,1-3H3,(H,26,27)/t17?,22-,24-/m0/s1. The Labute approximate surface area is 168 Å². The number of nitrogens with one attached hydrogen (secondary N) is 1. The molecule has 1 unspecified atom stereocenters. The molecule has 28 heavy (non-hydrogen) atoms. The van der Waals surface area contributed by atoms with E-state index >= 15 is 0 Å². The van der Waals surface area contributed by atoms with Gasteiger partial charge in [-0.25, -0.2) is 0 Å². The Balaban J connectivity index is 1.84. The average molecular weight is 377 g/mol. The Morgan fingerprint density at radius 3 is 2.61 bits per heavy atom.